The van der Waals surface area contributed by atoms with Crippen molar-refractivity contribution in [1.82, 2.24) is 24.5 Å². The first kappa shape index (κ1) is 43.4. The fourth-order valence-corrected chi connectivity index (χ4v) is 10.8. The Labute approximate surface area is 380 Å². The molecule has 0 bridgehead atoms. The maximum Gasteiger partial charge on any atom is 0.216 e. The number of fused-ring (bicyclic) bond motifs is 7. The molecule has 0 amide bonds. The Balaban J connectivity index is 0.000000184. The minimum Gasteiger partial charge on any atom is -0.486 e. The fourth-order valence-electron chi connectivity index (χ4n) is 9.20. The van der Waals surface area contributed by atoms with Crippen LogP contribution in [0.15, 0.2) is 102 Å². The van der Waals surface area contributed by atoms with Gasteiger partial charge in [0, 0.05) is 54.4 Å². The molecule has 10 rings (SSSR count). The van der Waals surface area contributed by atoms with Gasteiger partial charge in [-0.25, -0.2) is 4.98 Å². The molecule has 0 spiro atoms. The first-order chi connectivity index (χ1) is 29.4. The first-order valence-corrected chi connectivity index (χ1v) is 25.5. The van der Waals surface area contributed by atoms with E-state index in [0.29, 0.717) is 11.6 Å². The Morgan fingerprint density at radius 3 is 2.34 bits per heavy atom. The topological polar surface area (TPSA) is 69.6 Å². The summed E-state index contributed by atoms with van der Waals surface area (Å²) in [5.41, 5.74) is 16.1. The number of hydrogen-bond donors (Lipinski definition) is 0. The number of imidazole rings is 1. The summed E-state index contributed by atoms with van der Waals surface area (Å²) in [5, 5.41) is 4.67. The van der Waals surface area contributed by atoms with Crippen molar-refractivity contribution in [1.29, 1.82) is 0 Å². The molecule has 0 N–H and O–H groups in total. The molecule has 0 atom stereocenters. The summed E-state index contributed by atoms with van der Waals surface area (Å²) in [5.74, 6) is 1.50. The molecule has 9 aromatic rings. The molecule has 5 heterocycles. The van der Waals surface area contributed by atoms with Gasteiger partial charge >= 0.3 is 0 Å². The van der Waals surface area contributed by atoms with E-state index >= 15 is 0 Å². The van der Waals surface area contributed by atoms with E-state index in [4.69, 9.17) is 24.4 Å². The maximum atomic E-state index is 6.51. The van der Waals surface area contributed by atoms with Gasteiger partial charge in [0.15, 0.2) is 0 Å². The van der Waals surface area contributed by atoms with Crippen molar-refractivity contribution < 1.29 is 24.5 Å². The number of aryl methyl sites for hydroxylation is 3. The summed E-state index contributed by atoms with van der Waals surface area (Å²) in [6, 6.07) is 38.6. The monoisotopic (exact) mass is 1010 g/mol. The third-order valence-corrected chi connectivity index (χ3v) is 14.1. The van der Waals surface area contributed by atoms with E-state index in [0.717, 1.165) is 84.3 Å². The second-order valence-corrected chi connectivity index (χ2v) is 23.6. The van der Waals surface area contributed by atoms with Crippen molar-refractivity contribution in [3.8, 4) is 33.9 Å². The molecule has 1 aliphatic carbocycles. The Morgan fingerprint density at radius 1 is 0.806 bits per heavy atom. The molecule has 1 radical (unpaired) electrons. The summed E-state index contributed by atoms with van der Waals surface area (Å²) in [4.78, 5) is 19.8. The van der Waals surface area contributed by atoms with Crippen molar-refractivity contribution in [2.24, 2.45) is 5.92 Å². The van der Waals surface area contributed by atoms with Crippen LogP contribution in [-0.4, -0.2) is 32.6 Å². The first-order valence-electron chi connectivity index (χ1n) is 22.0. The molecular formula is C54H55IrN5OSi-2. The molecule has 0 saturated carbocycles. The van der Waals surface area contributed by atoms with Gasteiger partial charge in [0.1, 0.15) is 0 Å². The summed E-state index contributed by atoms with van der Waals surface area (Å²) < 4.78 is 8.77. The molecule has 0 saturated heterocycles. The van der Waals surface area contributed by atoms with Crippen LogP contribution in [0.5, 0.6) is 0 Å². The number of pyridine rings is 3. The van der Waals surface area contributed by atoms with E-state index in [1.54, 1.807) is 0 Å². The molecule has 5 aromatic heterocycles. The van der Waals surface area contributed by atoms with Gasteiger partial charge in [0.05, 0.1) is 41.7 Å². The summed E-state index contributed by atoms with van der Waals surface area (Å²) in [6.45, 7) is 20.4. The maximum absolute atomic E-state index is 6.51. The molecule has 317 valence electrons. The van der Waals surface area contributed by atoms with E-state index in [-0.39, 0.29) is 26.1 Å². The van der Waals surface area contributed by atoms with Gasteiger partial charge in [-0.05, 0) is 74.7 Å². The molecule has 0 aliphatic heterocycles. The van der Waals surface area contributed by atoms with E-state index < -0.39 is 8.07 Å². The van der Waals surface area contributed by atoms with Crippen LogP contribution < -0.4 is 5.19 Å². The molecular weight excluding hydrogens is 955 g/mol. The average molecular weight is 1010 g/mol. The number of nitrogens with zero attached hydrogens (tertiary/aromatic N) is 5. The fraction of sp³-hybridized carbons (Fsp3) is 0.296. The number of benzene rings is 4. The number of rotatable bonds is 7. The van der Waals surface area contributed by atoms with Crippen LogP contribution in [0.1, 0.15) is 74.5 Å². The predicted molar refractivity (Wildman–Crippen MR) is 256 cm³/mol. The quantitative estimate of drug-likeness (QED) is 0.118. The van der Waals surface area contributed by atoms with Crippen LogP contribution >= 0.6 is 0 Å². The molecule has 8 heteroatoms. The third-order valence-electron chi connectivity index (χ3n) is 12.1. The van der Waals surface area contributed by atoms with Gasteiger partial charge < -0.3 is 14.0 Å². The van der Waals surface area contributed by atoms with Crippen LogP contribution in [0.2, 0.25) is 19.6 Å². The van der Waals surface area contributed by atoms with Gasteiger partial charge in [-0.15, -0.1) is 52.6 Å². The van der Waals surface area contributed by atoms with Gasteiger partial charge in [0.25, 0.3) is 0 Å². The zero-order valence-electron chi connectivity index (χ0n) is 37.4. The van der Waals surface area contributed by atoms with Crippen LogP contribution in [0.3, 0.4) is 0 Å². The van der Waals surface area contributed by atoms with Gasteiger partial charge in [0.2, 0.25) is 5.71 Å². The number of aromatic nitrogens is 5. The second kappa shape index (κ2) is 17.5. The zero-order valence-corrected chi connectivity index (χ0v) is 40.8. The molecule has 0 unspecified atom stereocenters. The largest absolute Gasteiger partial charge is 0.486 e. The van der Waals surface area contributed by atoms with E-state index in [1.807, 2.05) is 37.3 Å². The van der Waals surface area contributed by atoms with Crippen molar-refractivity contribution in [2.45, 2.75) is 99.3 Å². The zero-order chi connectivity index (χ0) is 42.6. The normalized spacial score (nSPS) is 12.9. The third kappa shape index (κ3) is 8.21. The summed E-state index contributed by atoms with van der Waals surface area (Å²) in [6.07, 6.45) is 8.32. The summed E-state index contributed by atoms with van der Waals surface area (Å²) in [7, 11) is -1.37. The molecule has 6 nitrogen and oxygen atoms in total. The second-order valence-electron chi connectivity index (χ2n) is 18.6. The molecule has 0 fully saturated rings. The number of hydrogen-bond acceptors (Lipinski definition) is 5. The SMILES string of the molecule is CC(C)Cc1cc(-c2[c-]ccc3c2CCCC3)ncc1[Si](C)(C)C.Cc1ccc2ccc3nc(-c4[c-]cc(C)c5c4oc4nc(-c6ccccc6)ccc45)n(C(C)C)c3c2n1.[Ir]. The van der Waals surface area contributed by atoms with E-state index in [9.17, 15) is 0 Å². The Bertz CT molecular complexity index is 3090. The van der Waals surface area contributed by atoms with Crippen LogP contribution in [0.25, 0.3) is 77.9 Å². The van der Waals surface area contributed by atoms with Crippen molar-refractivity contribution in [2.75, 3.05) is 0 Å². The Hall–Kier alpha value is -5.27. The molecule has 4 aromatic carbocycles. The Morgan fingerprint density at radius 2 is 1.58 bits per heavy atom. The van der Waals surface area contributed by atoms with Gasteiger partial charge in [-0.1, -0.05) is 125 Å². The van der Waals surface area contributed by atoms with Crippen LogP contribution in [-0.2, 0) is 39.4 Å². The van der Waals surface area contributed by atoms with Gasteiger partial charge in [-0.2, -0.15) is 0 Å². The predicted octanol–water partition coefficient (Wildman–Crippen LogP) is 13.4. The van der Waals surface area contributed by atoms with Crippen molar-refractivity contribution in [3.63, 3.8) is 0 Å². The van der Waals surface area contributed by atoms with E-state index in [1.165, 1.54) is 53.1 Å². The smallest absolute Gasteiger partial charge is 0.216 e. The molecule has 62 heavy (non-hydrogen) atoms. The Kier molecular flexibility index (Phi) is 12.2. The van der Waals surface area contributed by atoms with Crippen LogP contribution in [0.4, 0.5) is 0 Å². The minimum atomic E-state index is -1.37. The summed E-state index contributed by atoms with van der Waals surface area (Å²) >= 11 is 0. The number of furan rings is 1. The minimum absolute atomic E-state index is 0. The van der Waals surface area contributed by atoms with Crippen molar-refractivity contribution >= 4 is 57.3 Å². The van der Waals surface area contributed by atoms with Gasteiger partial charge in [-0.3, -0.25) is 9.97 Å². The standard InChI is InChI=1S/C32H25N4O.C22H30NSi.Ir/c1-18(2)36-29-26(16-13-22-12-11-20(4)33-28(22)29)34-31(36)24-14-10-19(3)27-23-15-17-25(21-8-6-5-7-9-21)35-32(23)37-30(24)27;1-16(2)13-18-14-21(23-15-22(18)24(3,4)5)20-12-8-10-17-9-6-7-11-19(17)20;/h5-13,15-18H,1-4H3;8,10,14-16H,6-7,9,11,13H2,1-5H3;/q2*-1;. The average Bonchev–Trinajstić information content (AvgIpc) is 3.84. The van der Waals surface area contributed by atoms with Crippen molar-refractivity contribution in [3.05, 3.63) is 137 Å². The van der Waals surface area contributed by atoms with E-state index in [2.05, 4.69) is 138 Å². The van der Waals surface area contributed by atoms with Crippen LogP contribution in [0, 0.1) is 31.9 Å². The molecule has 1 aliphatic rings.